The van der Waals surface area contributed by atoms with E-state index in [1.54, 1.807) is 4.90 Å². The maximum atomic E-state index is 12.6. The SMILES string of the molecule is CN1CCN(C(=O)c2nc(C(=O)O)cs2)c2ccccc21. The van der Waals surface area contributed by atoms with Crippen LogP contribution < -0.4 is 9.80 Å². The number of aromatic nitrogens is 1. The number of amides is 1. The lowest BCUT2D eigenvalue weighted by molar-refractivity contribution is 0.0691. The lowest BCUT2D eigenvalue weighted by Gasteiger charge is -2.35. The molecule has 1 aliphatic heterocycles. The van der Waals surface area contributed by atoms with Gasteiger partial charge in [0.2, 0.25) is 0 Å². The van der Waals surface area contributed by atoms with Crippen LogP contribution in [0.1, 0.15) is 20.3 Å². The minimum atomic E-state index is -1.12. The zero-order valence-electron chi connectivity index (χ0n) is 11.3. The largest absolute Gasteiger partial charge is 0.476 e. The lowest BCUT2D eigenvalue weighted by Crippen LogP contribution is -2.42. The molecule has 0 saturated heterocycles. The van der Waals surface area contributed by atoms with Gasteiger partial charge in [0, 0.05) is 25.5 Å². The van der Waals surface area contributed by atoms with Crippen molar-refractivity contribution in [3.05, 3.63) is 40.3 Å². The van der Waals surface area contributed by atoms with Crippen molar-refractivity contribution < 1.29 is 14.7 Å². The Bertz CT molecular complexity index is 713. The Morgan fingerprint density at radius 3 is 2.62 bits per heavy atom. The minimum absolute atomic E-state index is 0.0919. The van der Waals surface area contributed by atoms with Crippen molar-refractivity contribution in [2.24, 2.45) is 0 Å². The van der Waals surface area contributed by atoms with Crippen LogP contribution in [0, 0.1) is 0 Å². The normalized spacial score (nSPS) is 14.0. The highest BCUT2D eigenvalue weighted by atomic mass is 32.1. The molecular formula is C14H13N3O3S. The molecule has 3 rings (SSSR count). The number of likely N-dealkylation sites (N-methyl/N-ethyl adjacent to an activating group) is 1. The maximum absolute atomic E-state index is 12.6. The van der Waals surface area contributed by atoms with Crippen molar-refractivity contribution >= 4 is 34.6 Å². The number of nitrogens with zero attached hydrogens (tertiary/aromatic N) is 3. The maximum Gasteiger partial charge on any atom is 0.355 e. The summed E-state index contributed by atoms with van der Waals surface area (Å²) in [5.74, 6) is -1.38. The molecule has 0 spiro atoms. The second kappa shape index (κ2) is 5.17. The molecule has 108 valence electrons. The first-order valence-electron chi connectivity index (χ1n) is 6.39. The van der Waals surface area contributed by atoms with Crippen LogP contribution in [0.5, 0.6) is 0 Å². The average Bonchev–Trinajstić information content (AvgIpc) is 2.97. The number of carboxylic acids is 1. The van der Waals surface area contributed by atoms with Crippen LogP contribution in [-0.4, -0.2) is 42.1 Å². The van der Waals surface area contributed by atoms with E-state index in [9.17, 15) is 9.59 Å². The van der Waals surface area contributed by atoms with Gasteiger partial charge in [-0.25, -0.2) is 9.78 Å². The molecule has 7 heteroatoms. The van der Waals surface area contributed by atoms with E-state index >= 15 is 0 Å². The summed E-state index contributed by atoms with van der Waals surface area (Å²) in [5.41, 5.74) is 1.71. The fourth-order valence-corrected chi connectivity index (χ4v) is 3.04. The lowest BCUT2D eigenvalue weighted by atomic mass is 10.1. The Kier molecular flexibility index (Phi) is 3.34. The number of hydrogen-bond donors (Lipinski definition) is 1. The number of para-hydroxylation sites is 2. The molecule has 0 saturated carbocycles. The molecule has 1 aliphatic rings. The van der Waals surface area contributed by atoms with Crippen molar-refractivity contribution in [2.45, 2.75) is 0 Å². The van der Waals surface area contributed by atoms with Gasteiger partial charge < -0.3 is 14.9 Å². The number of anilines is 2. The van der Waals surface area contributed by atoms with E-state index in [0.29, 0.717) is 6.54 Å². The molecule has 0 aliphatic carbocycles. The Labute approximate surface area is 125 Å². The molecule has 6 nitrogen and oxygen atoms in total. The summed E-state index contributed by atoms with van der Waals surface area (Å²) in [5, 5.41) is 10.5. The zero-order valence-corrected chi connectivity index (χ0v) is 12.1. The predicted octanol–water partition coefficient (Wildman–Crippen LogP) is 1.94. The Balaban J connectivity index is 1.95. The topological polar surface area (TPSA) is 73.7 Å². The van der Waals surface area contributed by atoms with Crippen molar-refractivity contribution in [3.63, 3.8) is 0 Å². The van der Waals surface area contributed by atoms with E-state index in [1.165, 1.54) is 5.38 Å². The Morgan fingerprint density at radius 1 is 1.24 bits per heavy atom. The second-order valence-corrected chi connectivity index (χ2v) is 5.57. The van der Waals surface area contributed by atoms with E-state index < -0.39 is 5.97 Å². The van der Waals surface area contributed by atoms with Crippen LogP contribution in [0.15, 0.2) is 29.6 Å². The van der Waals surface area contributed by atoms with Gasteiger partial charge in [-0.2, -0.15) is 0 Å². The molecule has 0 fully saturated rings. The number of aromatic carboxylic acids is 1. The molecule has 21 heavy (non-hydrogen) atoms. The van der Waals surface area contributed by atoms with E-state index in [1.807, 2.05) is 31.3 Å². The smallest absolute Gasteiger partial charge is 0.355 e. The number of carbonyl (C=O) groups is 2. The van der Waals surface area contributed by atoms with Gasteiger partial charge in [0.25, 0.3) is 5.91 Å². The van der Waals surface area contributed by atoms with Gasteiger partial charge >= 0.3 is 5.97 Å². The Morgan fingerprint density at radius 2 is 1.95 bits per heavy atom. The van der Waals surface area contributed by atoms with Crippen LogP contribution in [0.3, 0.4) is 0 Å². The molecule has 0 atom stereocenters. The fraction of sp³-hybridized carbons (Fsp3) is 0.214. The standard InChI is InChI=1S/C14H13N3O3S/c1-16-6-7-17(11-5-3-2-4-10(11)16)13(18)12-15-9(8-21-12)14(19)20/h2-5,8H,6-7H2,1H3,(H,19,20). The van der Waals surface area contributed by atoms with E-state index in [4.69, 9.17) is 5.11 Å². The van der Waals surface area contributed by atoms with Gasteiger partial charge in [0.05, 0.1) is 11.4 Å². The number of carboxylic acid groups (broad SMARTS) is 1. The molecule has 0 bridgehead atoms. The van der Waals surface area contributed by atoms with Gasteiger partial charge in [-0.15, -0.1) is 11.3 Å². The van der Waals surface area contributed by atoms with Crippen molar-refractivity contribution in [1.29, 1.82) is 0 Å². The molecule has 1 amide bonds. The first kappa shape index (κ1) is 13.6. The summed E-state index contributed by atoms with van der Waals surface area (Å²) in [4.78, 5) is 31.1. The number of benzene rings is 1. The number of fused-ring (bicyclic) bond motifs is 1. The van der Waals surface area contributed by atoms with Crippen molar-refractivity contribution in [3.8, 4) is 0 Å². The summed E-state index contributed by atoms with van der Waals surface area (Å²) in [6.45, 7) is 1.27. The predicted molar refractivity (Wildman–Crippen MR) is 80.5 cm³/mol. The summed E-state index contributed by atoms with van der Waals surface area (Å²) >= 11 is 1.06. The first-order chi connectivity index (χ1) is 10.1. The molecule has 1 N–H and O–H groups in total. The Hall–Kier alpha value is -2.41. The summed E-state index contributed by atoms with van der Waals surface area (Å²) in [7, 11) is 1.98. The fourth-order valence-electron chi connectivity index (χ4n) is 2.30. The first-order valence-corrected chi connectivity index (χ1v) is 7.27. The third-order valence-corrected chi connectivity index (χ3v) is 4.22. The third kappa shape index (κ3) is 2.36. The minimum Gasteiger partial charge on any atom is -0.476 e. The molecule has 0 unspecified atom stereocenters. The highest BCUT2D eigenvalue weighted by Crippen LogP contribution is 2.32. The van der Waals surface area contributed by atoms with E-state index in [-0.39, 0.29) is 16.6 Å². The average molecular weight is 303 g/mol. The number of hydrogen-bond acceptors (Lipinski definition) is 5. The number of thiazole rings is 1. The van der Waals surface area contributed by atoms with Crippen LogP contribution >= 0.6 is 11.3 Å². The van der Waals surface area contributed by atoms with Crippen LogP contribution in [0.4, 0.5) is 11.4 Å². The number of rotatable bonds is 2. The molecule has 2 heterocycles. The molecule has 1 aromatic heterocycles. The van der Waals surface area contributed by atoms with Gasteiger partial charge in [0.15, 0.2) is 10.7 Å². The van der Waals surface area contributed by atoms with Gasteiger partial charge in [-0.1, -0.05) is 12.1 Å². The molecular weight excluding hydrogens is 290 g/mol. The third-order valence-electron chi connectivity index (χ3n) is 3.39. The summed E-state index contributed by atoms with van der Waals surface area (Å²) < 4.78 is 0. The van der Waals surface area contributed by atoms with E-state index in [2.05, 4.69) is 9.88 Å². The van der Waals surface area contributed by atoms with Gasteiger partial charge in [-0.3, -0.25) is 4.79 Å². The highest BCUT2D eigenvalue weighted by molar-refractivity contribution is 7.12. The monoisotopic (exact) mass is 303 g/mol. The van der Waals surface area contributed by atoms with Crippen LogP contribution in [0.25, 0.3) is 0 Å². The summed E-state index contributed by atoms with van der Waals surface area (Å²) in [6, 6.07) is 7.64. The van der Waals surface area contributed by atoms with Crippen molar-refractivity contribution in [2.75, 3.05) is 29.9 Å². The van der Waals surface area contributed by atoms with Gasteiger partial charge in [-0.05, 0) is 12.1 Å². The molecule has 0 radical (unpaired) electrons. The molecule has 1 aromatic carbocycles. The van der Waals surface area contributed by atoms with E-state index in [0.717, 1.165) is 29.3 Å². The quantitative estimate of drug-likeness (QED) is 0.917. The van der Waals surface area contributed by atoms with Gasteiger partial charge in [0.1, 0.15) is 0 Å². The summed E-state index contributed by atoms with van der Waals surface area (Å²) in [6.07, 6.45) is 0. The second-order valence-electron chi connectivity index (χ2n) is 4.71. The van der Waals surface area contributed by atoms with Crippen LogP contribution in [0.2, 0.25) is 0 Å². The van der Waals surface area contributed by atoms with Crippen molar-refractivity contribution in [1.82, 2.24) is 4.98 Å². The molecule has 2 aromatic rings. The highest BCUT2D eigenvalue weighted by Gasteiger charge is 2.27. The number of carbonyl (C=O) groups excluding carboxylic acids is 1. The van der Waals surface area contributed by atoms with Crippen LogP contribution in [-0.2, 0) is 0 Å². The zero-order chi connectivity index (χ0) is 15.0.